The van der Waals surface area contributed by atoms with Crippen molar-refractivity contribution in [2.24, 2.45) is 5.92 Å². The molecule has 160 valence electrons. The number of hydrogen-bond acceptors (Lipinski definition) is 3. The third kappa shape index (κ3) is 5.81. The highest BCUT2D eigenvalue weighted by molar-refractivity contribution is 5.88. The Morgan fingerprint density at radius 1 is 1.07 bits per heavy atom. The summed E-state index contributed by atoms with van der Waals surface area (Å²) in [6, 6.07) is 10.5. The average Bonchev–Trinajstić information content (AvgIpc) is 2.77. The Morgan fingerprint density at radius 2 is 1.83 bits per heavy atom. The lowest BCUT2D eigenvalue weighted by atomic mass is 9.68. The van der Waals surface area contributed by atoms with Crippen molar-refractivity contribution in [2.75, 3.05) is 19.8 Å². The second-order valence-electron chi connectivity index (χ2n) is 8.65. The highest BCUT2D eigenvalue weighted by Gasteiger charge is 2.41. The monoisotopic (exact) mass is 400 g/mol. The standard InChI is InChI=1S/C24H36N2O3/c1-2-29-18-22(27)26-21-13-9-10-19(16-21)17-25-23(28)24(14-7-4-8-15-24)20-11-5-3-6-12-20/h3,5-6,11-12,19,21H,2,4,7-10,13-18H2,1H3,(H,25,28)(H,26,27)/t19-,21+/m1/s1. The topological polar surface area (TPSA) is 67.4 Å². The summed E-state index contributed by atoms with van der Waals surface area (Å²) in [5.41, 5.74) is 0.779. The lowest BCUT2D eigenvalue weighted by Gasteiger charge is -2.37. The van der Waals surface area contributed by atoms with E-state index in [0.717, 1.165) is 56.9 Å². The molecule has 2 atom stereocenters. The molecule has 0 saturated heterocycles. The molecule has 0 spiro atoms. The van der Waals surface area contributed by atoms with Crippen LogP contribution in [0.15, 0.2) is 30.3 Å². The Hall–Kier alpha value is -1.88. The van der Waals surface area contributed by atoms with E-state index in [1.165, 1.54) is 6.42 Å². The molecule has 1 aromatic carbocycles. The van der Waals surface area contributed by atoms with Crippen LogP contribution < -0.4 is 10.6 Å². The van der Waals surface area contributed by atoms with Crippen LogP contribution in [-0.2, 0) is 19.7 Å². The van der Waals surface area contributed by atoms with Gasteiger partial charge in [-0.05, 0) is 50.5 Å². The highest BCUT2D eigenvalue weighted by atomic mass is 16.5. The maximum absolute atomic E-state index is 13.3. The van der Waals surface area contributed by atoms with E-state index in [1.54, 1.807) is 0 Å². The van der Waals surface area contributed by atoms with Crippen LogP contribution in [-0.4, -0.2) is 37.6 Å². The van der Waals surface area contributed by atoms with Crippen molar-refractivity contribution in [3.05, 3.63) is 35.9 Å². The van der Waals surface area contributed by atoms with E-state index >= 15 is 0 Å². The van der Waals surface area contributed by atoms with Crippen LogP contribution in [0.4, 0.5) is 0 Å². The van der Waals surface area contributed by atoms with Crippen LogP contribution in [0.2, 0.25) is 0 Å². The first-order chi connectivity index (χ1) is 14.1. The number of ether oxygens (including phenoxy) is 1. The van der Waals surface area contributed by atoms with Crippen molar-refractivity contribution in [3.8, 4) is 0 Å². The lowest BCUT2D eigenvalue weighted by molar-refractivity contribution is -0.129. The van der Waals surface area contributed by atoms with Crippen molar-refractivity contribution >= 4 is 11.8 Å². The van der Waals surface area contributed by atoms with Crippen molar-refractivity contribution in [1.29, 1.82) is 0 Å². The zero-order valence-electron chi connectivity index (χ0n) is 17.8. The van der Waals surface area contributed by atoms with E-state index < -0.39 is 0 Å². The third-order valence-corrected chi connectivity index (χ3v) is 6.60. The Bertz CT molecular complexity index is 655. The van der Waals surface area contributed by atoms with Gasteiger partial charge in [0.05, 0.1) is 5.41 Å². The lowest BCUT2D eigenvalue weighted by Crippen LogP contribution is -2.48. The van der Waals surface area contributed by atoms with Crippen molar-refractivity contribution in [2.45, 2.75) is 76.2 Å². The molecule has 0 aliphatic heterocycles. The van der Waals surface area contributed by atoms with Crippen LogP contribution in [0.3, 0.4) is 0 Å². The predicted molar refractivity (Wildman–Crippen MR) is 115 cm³/mol. The van der Waals surface area contributed by atoms with Gasteiger partial charge in [0.2, 0.25) is 11.8 Å². The van der Waals surface area contributed by atoms with Gasteiger partial charge in [-0.1, -0.05) is 56.0 Å². The molecule has 29 heavy (non-hydrogen) atoms. The summed E-state index contributed by atoms with van der Waals surface area (Å²) in [5.74, 6) is 0.569. The third-order valence-electron chi connectivity index (χ3n) is 6.60. The van der Waals surface area contributed by atoms with Gasteiger partial charge in [0.25, 0.3) is 0 Å². The first kappa shape index (κ1) is 21.8. The maximum Gasteiger partial charge on any atom is 0.246 e. The van der Waals surface area contributed by atoms with E-state index in [4.69, 9.17) is 4.74 Å². The SMILES string of the molecule is CCOCC(=O)N[C@H]1CCC[C@@H](CNC(=O)C2(c3ccccc3)CCCCC2)C1. The average molecular weight is 401 g/mol. The fourth-order valence-corrected chi connectivity index (χ4v) is 5.04. The van der Waals surface area contributed by atoms with Gasteiger partial charge in [0, 0.05) is 19.2 Å². The summed E-state index contributed by atoms with van der Waals surface area (Å²) in [6.07, 6.45) is 9.44. The number of hydrogen-bond donors (Lipinski definition) is 2. The molecule has 2 aliphatic rings. The quantitative estimate of drug-likeness (QED) is 0.699. The summed E-state index contributed by atoms with van der Waals surface area (Å²) in [5, 5.41) is 6.38. The van der Waals surface area contributed by atoms with Gasteiger partial charge in [-0.25, -0.2) is 0 Å². The van der Waals surface area contributed by atoms with Crippen LogP contribution in [0, 0.1) is 5.92 Å². The van der Waals surface area contributed by atoms with Crippen LogP contribution >= 0.6 is 0 Å². The fraction of sp³-hybridized carbons (Fsp3) is 0.667. The molecule has 0 heterocycles. The van der Waals surface area contributed by atoms with Gasteiger partial charge >= 0.3 is 0 Å². The minimum absolute atomic E-state index is 0.0354. The molecule has 0 bridgehead atoms. The maximum atomic E-state index is 13.3. The second kappa shape index (κ2) is 10.8. The molecular weight excluding hydrogens is 364 g/mol. The molecule has 0 unspecified atom stereocenters. The van der Waals surface area contributed by atoms with Gasteiger partial charge in [-0.15, -0.1) is 0 Å². The normalized spacial score (nSPS) is 23.9. The molecule has 2 amide bonds. The minimum Gasteiger partial charge on any atom is -0.372 e. The molecule has 1 aromatic rings. The van der Waals surface area contributed by atoms with Gasteiger partial charge in [-0.3, -0.25) is 9.59 Å². The summed E-state index contributed by atoms with van der Waals surface area (Å²) in [7, 11) is 0. The first-order valence-electron chi connectivity index (χ1n) is 11.3. The van der Waals surface area contributed by atoms with Gasteiger partial charge < -0.3 is 15.4 Å². The molecule has 5 nitrogen and oxygen atoms in total. The number of nitrogens with one attached hydrogen (secondary N) is 2. The molecule has 3 rings (SSSR count). The van der Waals surface area contributed by atoms with E-state index in [1.807, 2.05) is 25.1 Å². The van der Waals surface area contributed by atoms with Crippen LogP contribution in [0.1, 0.15) is 70.3 Å². The van der Waals surface area contributed by atoms with Gasteiger partial charge in [0.15, 0.2) is 0 Å². The van der Waals surface area contributed by atoms with E-state index in [2.05, 4.69) is 22.8 Å². The summed E-state index contributed by atoms with van der Waals surface area (Å²) >= 11 is 0. The smallest absolute Gasteiger partial charge is 0.246 e. The summed E-state index contributed by atoms with van der Waals surface area (Å²) in [6.45, 7) is 3.27. The van der Waals surface area contributed by atoms with E-state index in [0.29, 0.717) is 19.1 Å². The second-order valence-corrected chi connectivity index (χ2v) is 8.65. The molecule has 5 heteroatoms. The van der Waals surface area contributed by atoms with Crippen molar-refractivity contribution in [3.63, 3.8) is 0 Å². The molecule has 2 N–H and O–H groups in total. The number of carbonyl (C=O) groups excluding carboxylic acids is 2. The number of benzene rings is 1. The summed E-state index contributed by atoms with van der Waals surface area (Å²) in [4.78, 5) is 25.3. The number of amides is 2. The molecular formula is C24H36N2O3. The molecule has 2 aliphatic carbocycles. The Morgan fingerprint density at radius 3 is 2.55 bits per heavy atom. The zero-order chi connectivity index (χ0) is 20.5. The largest absolute Gasteiger partial charge is 0.372 e. The minimum atomic E-state index is -0.376. The highest BCUT2D eigenvalue weighted by Crippen LogP contribution is 2.39. The zero-order valence-corrected chi connectivity index (χ0v) is 17.8. The van der Waals surface area contributed by atoms with Crippen LogP contribution in [0.25, 0.3) is 0 Å². The van der Waals surface area contributed by atoms with E-state index in [9.17, 15) is 9.59 Å². The Labute approximate surface area is 175 Å². The number of rotatable bonds is 8. The molecule has 0 radical (unpaired) electrons. The van der Waals surface area contributed by atoms with Crippen molar-refractivity contribution < 1.29 is 14.3 Å². The molecule has 2 saturated carbocycles. The van der Waals surface area contributed by atoms with Gasteiger partial charge in [-0.2, -0.15) is 0 Å². The Balaban J connectivity index is 1.55. The Kier molecular flexibility index (Phi) is 8.10. The fourth-order valence-electron chi connectivity index (χ4n) is 5.04. The predicted octanol–water partition coefficient (Wildman–Crippen LogP) is 3.72. The van der Waals surface area contributed by atoms with Crippen LogP contribution in [0.5, 0.6) is 0 Å². The summed E-state index contributed by atoms with van der Waals surface area (Å²) < 4.78 is 5.19. The molecule has 0 aromatic heterocycles. The number of carbonyl (C=O) groups is 2. The van der Waals surface area contributed by atoms with Crippen molar-refractivity contribution in [1.82, 2.24) is 10.6 Å². The first-order valence-corrected chi connectivity index (χ1v) is 11.3. The molecule has 2 fully saturated rings. The van der Waals surface area contributed by atoms with E-state index in [-0.39, 0.29) is 29.9 Å². The van der Waals surface area contributed by atoms with Gasteiger partial charge in [0.1, 0.15) is 6.61 Å².